The topological polar surface area (TPSA) is 71.4 Å². The Morgan fingerprint density at radius 1 is 0.966 bits per heavy atom. The zero-order valence-corrected chi connectivity index (χ0v) is 19.2. The van der Waals surface area contributed by atoms with Crippen LogP contribution in [0.4, 0.5) is 5.69 Å². The van der Waals surface area contributed by atoms with Crippen molar-refractivity contribution in [3.8, 4) is 0 Å². The molecule has 1 N–H and O–H groups in total. The monoisotopic (exact) mass is 521 g/mol. The second-order valence-electron chi connectivity index (χ2n) is 7.67. The second-order valence-corrected chi connectivity index (χ2v) is 10.0. The average Bonchev–Trinajstić information content (AvgIpc) is 3.13. The zero-order chi connectivity index (χ0) is 20.9. The third-order valence-electron chi connectivity index (χ3n) is 5.76. The van der Waals surface area contributed by atoms with Crippen LogP contribution in [0.15, 0.2) is 36.4 Å². The number of aromatic nitrogens is 1. The number of aryl methyl sites for hydroxylation is 2. The van der Waals surface area contributed by atoms with Gasteiger partial charge in [0, 0.05) is 26.6 Å². The Labute approximate surface area is 185 Å². The molecule has 6 nitrogen and oxygen atoms in total. The molecule has 152 valence electrons. The van der Waals surface area contributed by atoms with Crippen LogP contribution in [0.3, 0.4) is 0 Å². The number of alkyl halides is 2. The first-order chi connectivity index (χ1) is 13.8. The number of carbonyl (C=O) groups is 3. The Morgan fingerprint density at radius 2 is 1.52 bits per heavy atom. The number of hydrogen-bond donors (Lipinski definition) is 1. The van der Waals surface area contributed by atoms with Crippen molar-refractivity contribution in [3.63, 3.8) is 0 Å². The van der Waals surface area contributed by atoms with E-state index in [1.54, 1.807) is 28.9 Å². The molecule has 4 atom stereocenters. The molecule has 3 amide bonds. The van der Waals surface area contributed by atoms with Gasteiger partial charge >= 0.3 is 0 Å². The number of imide groups is 1. The predicted molar refractivity (Wildman–Crippen MR) is 118 cm³/mol. The first-order valence-electron chi connectivity index (χ1n) is 9.50. The Balaban J connectivity index is 1.59. The van der Waals surface area contributed by atoms with E-state index >= 15 is 0 Å². The highest BCUT2D eigenvalue weighted by molar-refractivity contribution is 9.12. The summed E-state index contributed by atoms with van der Waals surface area (Å²) in [5.41, 5.74) is 5.51. The first kappa shape index (κ1) is 20.3. The Hall–Kier alpha value is -1.93. The second kappa shape index (κ2) is 7.72. The van der Waals surface area contributed by atoms with Crippen molar-refractivity contribution in [2.24, 2.45) is 11.8 Å². The van der Waals surface area contributed by atoms with Crippen molar-refractivity contribution in [2.75, 3.05) is 10.3 Å². The molecule has 1 saturated carbocycles. The lowest BCUT2D eigenvalue weighted by molar-refractivity contribution is -0.122. The minimum Gasteiger partial charge on any atom is -0.274 e. The maximum Gasteiger partial charge on any atom is 0.270 e. The number of nitrogens with zero attached hydrogens (tertiary/aromatic N) is 2. The number of fused-ring (bicyclic) bond motifs is 1. The maximum absolute atomic E-state index is 13.0. The SMILES string of the molecule is Cc1ccc(C)n1NC(=O)c1cccc(N2C(=O)[C@H]3C[C@H](Br)[C@@H](Br)C[C@H]3C2=O)c1. The summed E-state index contributed by atoms with van der Waals surface area (Å²) in [7, 11) is 0. The minimum atomic E-state index is -0.316. The lowest BCUT2D eigenvalue weighted by Crippen LogP contribution is -2.34. The fourth-order valence-corrected chi connectivity index (χ4v) is 5.38. The number of benzene rings is 1. The number of anilines is 1. The van der Waals surface area contributed by atoms with Crippen LogP contribution in [0, 0.1) is 25.7 Å². The van der Waals surface area contributed by atoms with E-state index in [2.05, 4.69) is 37.3 Å². The highest BCUT2D eigenvalue weighted by atomic mass is 79.9. The lowest BCUT2D eigenvalue weighted by atomic mass is 9.81. The number of amides is 3. The van der Waals surface area contributed by atoms with E-state index in [1.807, 2.05) is 26.0 Å². The van der Waals surface area contributed by atoms with Crippen molar-refractivity contribution in [1.82, 2.24) is 4.68 Å². The summed E-state index contributed by atoms with van der Waals surface area (Å²) in [5.74, 6) is -1.30. The van der Waals surface area contributed by atoms with E-state index in [0.717, 1.165) is 11.4 Å². The smallest absolute Gasteiger partial charge is 0.270 e. The van der Waals surface area contributed by atoms with Crippen LogP contribution < -0.4 is 10.3 Å². The molecular weight excluding hydrogens is 502 g/mol. The van der Waals surface area contributed by atoms with Crippen LogP contribution in [0.25, 0.3) is 0 Å². The normalized spacial score (nSPS) is 26.6. The van der Waals surface area contributed by atoms with Crippen molar-refractivity contribution in [1.29, 1.82) is 0 Å². The number of nitrogens with one attached hydrogen (secondary N) is 1. The van der Waals surface area contributed by atoms with Gasteiger partial charge in [0.25, 0.3) is 5.91 Å². The van der Waals surface area contributed by atoms with Crippen LogP contribution >= 0.6 is 31.9 Å². The van der Waals surface area contributed by atoms with E-state index in [9.17, 15) is 14.4 Å². The predicted octanol–water partition coefficient (Wildman–Crippen LogP) is 3.92. The van der Waals surface area contributed by atoms with Crippen molar-refractivity contribution in [3.05, 3.63) is 53.3 Å². The fourth-order valence-electron chi connectivity index (χ4n) is 4.15. The van der Waals surface area contributed by atoms with Crippen LogP contribution in [0.5, 0.6) is 0 Å². The van der Waals surface area contributed by atoms with Gasteiger partial charge in [0.1, 0.15) is 0 Å². The molecule has 2 fully saturated rings. The molecule has 1 aliphatic carbocycles. The molecule has 4 rings (SSSR count). The van der Waals surface area contributed by atoms with Gasteiger partial charge in [0.05, 0.1) is 17.5 Å². The molecule has 1 saturated heterocycles. The number of halogens is 2. The molecule has 0 spiro atoms. The van der Waals surface area contributed by atoms with Crippen LogP contribution in [0.1, 0.15) is 34.6 Å². The van der Waals surface area contributed by atoms with Crippen LogP contribution in [0.2, 0.25) is 0 Å². The summed E-state index contributed by atoms with van der Waals surface area (Å²) in [6.07, 6.45) is 1.24. The highest BCUT2D eigenvalue weighted by Crippen LogP contribution is 2.44. The summed E-state index contributed by atoms with van der Waals surface area (Å²) < 4.78 is 1.71. The summed E-state index contributed by atoms with van der Waals surface area (Å²) in [6, 6.07) is 10.5. The van der Waals surface area contributed by atoms with Crippen LogP contribution in [-0.2, 0) is 9.59 Å². The lowest BCUT2D eigenvalue weighted by Gasteiger charge is -2.29. The molecule has 0 bridgehead atoms. The van der Waals surface area contributed by atoms with Gasteiger partial charge in [-0.2, -0.15) is 0 Å². The van der Waals surface area contributed by atoms with E-state index in [0.29, 0.717) is 24.1 Å². The van der Waals surface area contributed by atoms with Gasteiger partial charge in [-0.05, 0) is 57.0 Å². The molecule has 1 aromatic heterocycles. The molecule has 1 aromatic carbocycles. The first-order valence-corrected chi connectivity index (χ1v) is 11.3. The van der Waals surface area contributed by atoms with Gasteiger partial charge in [-0.15, -0.1) is 0 Å². The molecule has 8 heteroatoms. The fraction of sp³-hybridized carbons (Fsp3) is 0.381. The van der Waals surface area contributed by atoms with Gasteiger partial charge in [0.15, 0.2) is 0 Å². The Kier molecular flexibility index (Phi) is 5.42. The molecule has 2 aliphatic rings. The van der Waals surface area contributed by atoms with E-state index in [1.165, 1.54) is 4.90 Å². The molecular formula is C21H21Br2N3O3. The average molecular weight is 523 g/mol. The van der Waals surface area contributed by atoms with Gasteiger partial charge in [0.2, 0.25) is 11.8 Å². The minimum absolute atomic E-state index is 0.158. The molecule has 2 heterocycles. The Bertz CT molecular complexity index is 955. The number of hydrogen-bond acceptors (Lipinski definition) is 3. The number of carbonyl (C=O) groups excluding carboxylic acids is 3. The number of rotatable bonds is 3. The third-order valence-corrected chi connectivity index (χ3v) is 8.50. The molecule has 2 aromatic rings. The molecule has 1 aliphatic heterocycles. The zero-order valence-electron chi connectivity index (χ0n) is 16.1. The summed E-state index contributed by atoms with van der Waals surface area (Å²) in [4.78, 5) is 40.3. The van der Waals surface area contributed by atoms with E-state index in [4.69, 9.17) is 0 Å². The standard InChI is InChI=1S/C21H21Br2N3O3/c1-11-6-7-12(2)26(11)24-19(27)13-4-3-5-14(8-13)25-20(28)15-9-17(22)18(23)10-16(15)21(25)29/h3-8,15-18H,9-10H2,1-2H3,(H,24,27)/t15-,16+,17-,18-/m0/s1. The van der Waals surface area contributed by atoms with Crippen molar-refractivity contribution in [2.45, 2.75) is 36.3 Å². The van der Waals surface area contributed by atoms with Gasteiger partial charge in [-0.1, -0.05) is 37.9 Å². The molecule has 0 unspecified atom stereocenters. The summed E-state index contributed by atoms with van der Waals surface area (Å²) in [6.45, 7) is 3.81. The van der Waals surface area contributed by atoms with Gasteiger partial charge < -0.3 is 0 Å². The quantitative estimate of drug-likeness (QED) is 0.490. The van der Waals surface area contributed by atoms with Gasteiger partial charge in [-0.25, -0.2) is 0 Å². The largest absolute Gasteiger partial charge is 0.274 e. The summed E-state index contributed by atoms with van der Waals surface area (Å²) in [5, 5.41) is 0. The van der Waals surface area contributed by atoms with E-state index < -0.39 is 0 Å². The van der Waals surface area contributed by atoms with Crippen molar-refractivity contribution < 1.29 is 14.4 Å². The summed E-state index contributed by atoms with van der Waals surface area (Å²) >= 11 is 7.20. The van der Waals surface area contributed by atoms with Crippen molar-refractivity contribution >= 4 is 55.3 Å². The third kappa shape index (κ3) is 3.57. The molecule has 29 heavy (non-hydrogen) atoms. The van der Waals surface area contributed by atoms with Gasteiger partial charge in [-0.3, -0.25) is 29.4 Å². The highest BCUT2D eigenvalue weighted by Gasteiger charge is 2.52. The van der Waals surface area contributed by atoms with Crippen LogP contribution in [-0.4, -0.2) is 32.1 Å². The molecule has 0 radical (unpaired) electrons. The van der Waals surface area contributed by atoms with E-state index in [-0.39, 0.29) is 39.2 Å². The maximum atomic E-state index is 13.0. The Morgan fingerprint density at radius 3 is 2.07 bits per heavy atom.